The first-order chi connectivity index (χ1) is 8.88. The fourth-order valence-corrected chi connectivity index (χ4v) is 2.29. The number of hydrogen-bond acceptors (Lipinski definition) is 4. The first-order valence-electron chi connectivity index (χ1n) is 6.07. The average molecular weight is 242 g/mol. The van der Waals surface area contributed by atoms with E-state index in [-0.39, 0.29) is 6.23 Å². The van der Waals surface area contributed by atoms with Crippen LogP contribution in [0.4, 0.5) is 0 Å². The van der Waals surface area contributed by atoms with Crippen LogP contribution in [-0.4, -0.2) is 31.0 Å². The number of nitrogens with zero attached hydrogens (tertiary/aromatic N) is 2. The Kier molecular flexibility index (Phi) is 3.01. The summed E-state index contributed by atoms with van der Waals surface area (Å²) >= 11 is 0. The van der Waals surface area contributed by atoms with E-state index >= 15 is 0 Å². The summed E-state index contributed by atoms with van der Waals surface area (Å²) in [5, 5.41) is 9.25. The minimum absolute atomic E-state index is 0.315. The van der Waals surface area contributed by atoms with Gasteiger partial charge in [0.1, 0.15) is 18.5 Å². The standard InChI is InChI=1S/C14H14N2O2/c15-9-12-8-11-4-1-2-5-13(11)18-14(12)16-6-3-7-17-10-16/h1-2,4-5,8,14H,3,6-7,10H2. The molecule has 0 aromatic heterocycles. The molecular weight excluding hydrogens is 228 g/mol. The van der Waals surface area contributed by atoms with Crippen molar-refractivity contribution in [3.63, 3.8) is 0 Å². The molecule has 3 rings (SSSR count). The lowest BCUT2D eigenvalue weighted by Gasteiger charge is -2.35. The van der Waals surface area contributed by atoms with Crippen LogP contribution in [0.25, 0.3) is 6.08 Å². The first-order valence-corrected chi connectivity index (χ1v) is 6.07. The second-order valence-electron chi connectivity index (χ2n) is 4.42. The molecule has 0 aliphatic carbocycles. The van der Waals surface area contributed by atoms with Crippen molar-refractivity contribution in [2.45, 2.75) is 12.6 Å². The maximum Gasteiger partial charge on any atom is 0.190 e. The fourth-order valence-electron chi connectivity index (χ4n) is 2.29. The van der Waals surface area contributed by atoms with Crippen molar-refractivity contribution < 1.29 is 9.47 Å². The number of nitriles is 1. The molecule has 2 heterocycles. The van der Waals surface area contributed by atoms with Crippen LogP contribution in [0.3, 0.4) is 0 Å². The van der Waals surface area contributed by atoms with E-state index in [2.05, 4.69) is 11.0 Å². The highest BCUT2D eigenvalue weighted by Gasteiger charge is 2.29. The molecule has 0 saturated carbocycles. The van der Waals surface area contributed by atoms with Gasteiger partial charge < -0.3 is 9.47 Å². The van der Waals surface area contributed by atoms with Gasteiger partial charge in [0.2, 0.25) is 0 Å². The van der Waals surface area contributed by atoms with E-state index in [1.807, 2.05) is 30.3 Å². The predicted octanol–water partition coefficient (Wildman–Crippen LogP) is 1.99. The van der Waals surface area contributed by atoms with Gasteiger partial charge in [-0.3, -0.25) is 0 Å². The third-order valence-electron chi connectivity index (χ3n) is 3.19. The van der Waals surface area contributed by atoms with Crippen molar-refractivity contribution in [1.29, 1.82) is 5.26 Å². The van der Waals surface area contributed by atoms with E-state index in [4.69, 9.17) is 9.47 Å². The molecule has 4 nitrogen and oxygen atoms in total. The van der Waals surface area contributed by atoms with E-state index in [1.165, 1.54) is 0 Å². The van der Waals surface area contributed by atoms with Gasteiger partial charge in [0.25, 0.3) is 0 Å². The molecule has 1 aromatic carbocycles. The van der Waals surface area contributed by atoms with Crippen molar-refractivity contribution in [2.24, 2.45) is 0 Å². The third-order valence-corrected chi connectivity index (χ3v) is 3.19. The van der Waals surface area contributed by atoms with Gasteiger partial charge >= 0.3 is 0 Å². The molecule has 0 radical (unpaired) electrons. The summed E-state index contributed by atoms with van der Waals surface area (Å²) in [5.74, 6) is 0.826. The van der Waals surface area contributed by atoms with Crippen molar-refractivity contribution in [1.82, 2.24) is 4.90 Å². The van der Waals surface area contributed by atoms with Crippen LogP contribution in [0, 0.1) is 11.3 Å². The Labute approximate surface area is 106 Å². The minimum atomic E-state index is -0.315. The topological polar surface area (TPSA) is 45.5 Å². The molecule has 1 fully saturated rings. The third kappa shape index (κ3) is 1.99. The summed E-state index contributed by atoms with van der Waals surface area (Å²) in [4.78, 5) is 2.05. The Bertz CT molecular complexity index is 513. The molecule has 2 aliphatic heterocycles. The minimum Gasteiger partial charge on any atom is -0.469 e. The van der Waals surface area contributed by atoms with Gasteiger partial charge in [-0.25, -0.2) is 4.90 Å². The summed E-state index contributed by atoms with van der Waals surface area (Å²) in [5.41, 5.74) is 1.60. The van der Waals surface area contributed by atoms with Crippen LogP contribution < -0.4 is 4.74 Å². The lowest BCUT2D eigenvalue weighted by atomic mass is 10.1. The van der Waals surface area contributed by atoms with Crippen LogP contribution in [-0.2, 0) is 4.74 Å². The maximum absolute atomic E-state index is 9.25. The van der Waals surface area contributed by atoms with E-state index in [1.54, 1.807) is 0 Å². The maximum atomic E-state index is 9.25. The molecule has 92 valence electrons. The molecule has 18 heavy (non-hydrogen) atoms. The van der Waals surface area contributed by atoms with Crippen molar-refractivity contribution in [2.75, 3.05) is 19.9 Å². The molecule has 1 atom stereocenters. The Morgan fingerprint density at radius 1 is 1.33 bits per heavy atom. The number of ether oxygens (including phenoxy) is 2. The van der Waals surface area contributed by atoms with E-state index in [0.29, 0.717) is 12.3 Å². The molecular formula is C14H14N2O2. The lowest BCUT2D eigenvalue weighted by Crippen LogP contribution is -2.46. The normalized spacial score (nSPS) is 23.5. The SMILES string of the molecule is N#CC1=Cc2ccccc2OC1N1CCCOC1. The largest absolute Gasteiger partial charge is 0.469 e. The molecule has 0 spiro atoms. The van der Waals surface area contributed by atoms with E-state index in [9.17, 15) is 5.26 Å². The summed E-state index contributed by atoms with van der Waals surface area (Å²) < 4.78 is 11.4. The first kappa shape index (κ1) is 11.3. The molecule has 1 saturated heterocycles. The van der Waals surface area contributed by atoms with Gasteiger partial charge in [-0.05, 0) is 18.6 Å². The zero-order chi connectivity index (χ0) is 12.4. The van der Waals surface area contributed by atoms with Crippen LogP contribution in [0.5, 0.6) is 5.75 Å². The number of fused-ring (bicyclic) bond motifs is 1. The summed E-state index contributed by atoms with van der Waals surface area (Å²) in [6.45, 7) is 2.20. The van der Waals surface area contributed by atoms with Crippen molar-refractivity contribution in [3.05, 3.63) is 35.4 Å². The highest BCUT2D eigenvalue weighted by Crippen LogP contribution is 2.30. The quantitative estimate of drug-likeness (QED) is 0.755. The van der Waals surface area contributed by atoms with Crippen molar-refractivity contribution >= 4 is 6.08 Å². The molecule has 0 bridgehead atoms. The van der Waals surface area contributed by atoms with Gasteiger partial charge in [-0.2, -0.15) is 5.26 Å². The van der Waals surface area contributed by atoms with Gasteiger partial charge in [0, 0.05) is 18.7 Å². The zero-order valence-electron chi connectivity index (χ0n) is 10.0. The van der Waals surface area contributed by atoms with Crippen molar-refractivity contribution in [3.8, 4) is 11.8 Å². The smallest absolute Gasteiger partial charge is 0.190 e. The molecule has 2 aliphatic rings. The Hall–Kier alpha value is -1.83. The molecule has 4 heteroatoms. The molecule has 0 amide bonds. The average Bonchev–Trinajstić information content (AvgIpc) is 2.46. The highest BCUT2D eigenvalue weighted by atomic mass is 16.5. The number of rotatable bonds is 1. The number of hydrogen-bond donors (Lipinski definition) is 0. The monoisotopic (exact) mass is 242 g/mol. The van der Waals surface area contributed by atoms with E-state index in [0.717, 1.165) is 30.9 Å². The van der Waals surface area contributed by atoms with Gasteiger partial charge in [0.15, 0.2) is 6.23 Å². The predicted molar refractivity (Wildman–Crippen MR) is 66.6 cm³/mol. The molecule has 1 aromatic rings. The van der Waals surface area contributed by atoms with Gasteiger partial charge in [-0.15, -0.1) is 0 Å². The Balaban J connectivity index is 1.91. The van der Waals surface area contributed by atoms with Crippen LogP contribution in [0.1, 0.15) is 12.0 Å². The number of benzene rings is 1. The second-order valence-corrected chi connectivity index (χ2v) is 4.42. The van der Waals surface area contributed by atoms with E-state index < -0.39 is 0 Å². The van der Waals surface area contributed by atoms with Gasteiger partial charge in [0.05, 0.1) is 5.57 Å². The number of para-hydroxylation sites is 1. The summed E-state index contributed by atoms with van der Waals surface area (Å²) in [7, 11) is 0. The lowest BCUT2D eigenvalue weighted by molar-refractivity contribution is -0.0749. The van der Waals surface area contributed by atoms with Crippen LogP contribution in [0.15, 0.2) is 29.8 Å². The van der Waals surface area contributed by atoms with Gasteiger partial charge in [-0.1, -0.05) is 18.2 Å². The summed E-state index contributed by atoms with van der Waals surface area (Å²) in [6, 6.07) is 9.99. The van der Waals surface area contributed by atoms with Crippen LogP contribution in [0.2, 0.25) is 0 Å². The zero-order valence-corrected chi connectivity index (χ0v) is 10.0. The molecule has 0 N–H and O–H groups in total. The highest BCUT2D eigenvalue weighted by molar-refractivity contribution is 5.65. The molecule has 1 unspecified atom stereocenters. The Morgan fingerprint density at radius 3 is 3.00 bits per heavy atom. The fraction of sp³-hybridized carbons (Fsp3) is 0.357. The second kappa shape index (κ2) is 4.81. The summed E-state index contributed by atoms with van der Waals surface area (Å²) in [6.07, 6.45) is 2.56. The van der Waals surface area contributed by atoms with Crippen LogP contribution >= 0.6 is 0 Å². The Morgan fingerprint density at radius 2 is 2.22 bits per heavy atom.